The van der Waals surface area contributed by atoms with Gasteiger partial charge in [-0.3, -0.25) is 4.79 Å². The molecule has 4 heteroatoms. The topological polar surface area (TPSA) is 46.3 Å². The number of nitrogens with two attached hydrogens (primary N) is 1. The van der Waals surface area contributed by atoms with E-state index < -0.39 is 0 Å². The van der Waals surface area contributed by atoms with Crippen molar-refractivity contribution in [1.29, 1.82) is 0 Å². The Labute approximate surface area is 133 Å². The summed E-state index contributed by atoms with van der Waals surface area (Å²) in [5.41, 5.74) is 7.50. The second kappa shape index (κ2) is 7.28. The van der Waals surface area contributed by atoms with E-state index in [9.17, 15) is 4.79 Å². The molecular weight excluding hydrogens is 284 g/mol. The third-order valence-electron chi connectivity index (χ3n) is 4.94. The van der Waals surface area contributed by atoms with Crippen molar-refractivity contribution >= 4 is 18.3 Å². The van der Waals surface area contributed by atoms with E-state index in [1.54, 1.807) is 0 Å². The summed E-state index contributed by atoms with van der Waals surface area (Å²) < 4.78 is 0. The number of benzene rings is 1. The molecular formula is C17H25ClN2O. The van der Waals surface area contributed by atoms with Gasteiger partial charge in [0.2, 0.25) is 0 Å². The molecule has 2 unspecified atom stereocenters. The largest absolute Gasteiger partial charge is 0.335 e. The fourth-order valence-corrected chi connectivity index (χ4v) is 3.83. The van der Waals surface area contributed by atoms with Crippen LogP contribution in [0.15, 0.2) is 24.3 Å². The second-order valence-corrected chi connectivity index (χ2v) is 6.15. The van der Waals surface area contributed by atoms with Crippen molar-refractivity contribution in [3.8, 4) is 0 Å². The van der Waals surface area contributed by atoms with Gasteiger partial charge in [0, 0.05) is 24.7 Å². The zero-order valence-corrected chi connectivity index (χ0v) is 13.3. The fourth-order valence-electron chi connectivity index (χ4n) is 3.83. The Morgan fingerprint density at radius 1 is 1.10 bits per heavy atom. The molecule has 1 heterocycles. The van der Waals surface area contributed by atoms with Gasteiger partial charge in [0.1, 0.15) is 0 Å². The third kappa shape index (κ3) is 3.41. The number of fused-ring (bicyclic) bond motifs is 1. The van der Waals surface area contributed by atoms with E-state index in [4.69, 9.17) is 5.73 Å². The molecule has 0 spiro atoms. The van der Waals surface area contributed by atoms with Gasteiger partial charge < -0.3 is 10.6 Å². The highest BCUT2D eigenvalue weighted by atomic mass is 35.5. The zero-order chi connectivity index (χ0) is 13.9. The van der Waals surface area contributed by atoms with Crippen LogP contribution in [0.25, 0.3) is 0 Å². The number of likely N-dealkylation sites (tertiary alicyclic amines) is 1. The lowest BCUT2D eigenvalue weighted by atomic mass is 9.78. The normalized spacial score (nSPS) is 24.9. The van der Waals surface area contributed by atoms with E-state index in [0.29, 0.717) is 12.6 Å². The molecule has 1 saturated heterocycles. The number of nitrogens with zero attached hydrogens (tertiary/aromatic N) is 1. The molecule has 1 aliphatic heterocycles. The Balaban J connectivity index is 0.00000161. The summed E-state index contributed by atoms with van der Waals surface area (Å²) in [6.07, 6.45) is 7.58. The minimum absolute atomic E-state index is 0. The van der Waals surface area contributed by atoms with Gasteiger partial charge in [-0.25, -0.2) is 0 Å². The Hall–Kier alpha value is -1.06. The average molecular weight is 309 g/mol. The smallest absolute Gasteiger partial charge is 0.254 e. The standard InChI is InChI=1S/C17H24N2O.ClH/c18-12-13-7-9-15(10-8-13)17(20)19-11-3-5-14-4-1-2-6-16(14)19;/h7-10,14,16H,1-6,11-12,18H2;1H. The van der Waals surface area contributed by atoms with E-state index in [1.165, 1.54) is 32.1 Å². The van der Waals surface area contributed by atoms with E-state index in [2.05, 4.69) is 4.90 Å². The Kier molecular flexibility index (Phi) is 5.65. The highest BCUT2D eigenvalue weighted by Gasteiger charge is 2.35. The molecule has 3 rings (SSSR count). The van der Waals surface area contributed by atoms with Gasteiger partial charge in [-0.1, -0.05) is 25.0 Å². The molecule has 2 N–H and O–H groups in total. The van der Waals surface area contributed by atoms with Crippen molar-refractivity contribution in [2.45, 2.75) is 51.1 Å². The molecule has 3 nitrogen and oxygen atoms in total. The number of carbonyl (C=O) groups excluding carboxylic acids is 1. The molecule has 2 fully saturated rings. The maximum absolute atomic E-state index is 12.7. The number of carbonyl (C=O) groups is 1. The summed E-state index contributed by atoms with van der Waals surface area (Å²) in [7, 11) is 0. The third-order valence-corrected chi connectivity index (χ3v) is 4.94. The first-order chi connectivity index (χ1) is 9.79. The minimum atomic E-state index is 0. The zero-order valence-electron chi connectivity index (χ0n) is 12.5. The molecule has 1 saturated carbocycles. The average Bonchev–Trinajstić information content (AvgIpc) is 2.54. The van der Waals surface area contributed by atoms with Gasteiger partial charge >= 0.3 is 0 Å². The molecule has 1 amide bonds. The fraction of sp³-hybridized carbons (Fsp3) is 0.588. The van der Waals surface area contributed by atoms with Gasteiger partial charge in [0.25, 0.3) is 5.91 Å². The Morgan fingerprint density at radius 2 is 1.76 bits per heavy atom. The predicted octanol–water partition coefficient (Wildman–Crippen LogP) is 3.36. The highest BCUT2D eigenvalue weighted by molar-refractivity contribution is 5.94. The van der Waals surface area contributed by atoms with Crippen LogP contribution in [0.2, 0.25) is 0 Å². The van der Waals surface area contributed by atoms with Gasteiger partial charge in [0.05, 0.1) is 0 Å². The highest BCUT2D eigenvalue weighted by Crippen LogP contribution is 2.35. The summed E-state index contributed by atoms with van der Waals surface area (Å²) in [6.45, 7) is 1.46. The summed E-state index contributed by atoms with van der Waals surface area (Å²) in [5, 5.41) is 0. The van der Waals surface area contributed by atoms with Crippen LogP contribution in [-0.4, -0.2) is 23.4 Å². The van der Waals surface area contributed by atoms with Crippen LogP contribution >= 0.6 is 12.4 Å². The van der Waals surface area contributed by atoms with Crippen LogP contribution in [0.1, 0.15) is 54.4 Å². The van der Waals surface area contributed by atoms with Crippen LogP contribution < -0.4 is 5.73 Å². The Morgan fingerprint density at radius 3 is 2.48 bits per heavy atom. The summed E-state index contributed by atoms with van der Waals surface area (Å²) in [5.74, 6) is 0.954. The van der Waals surface area contributed by atoms with Crippen molar-refractivity contribution in [3.63, 3.8) is 0 Å². The van der Waals surface area contributed by atoms with Crippen molar-refractivity contribution in [3.05, 3.63) is 35.4 Å². The van der Waals surface area contributed by atoms with Crippen LogP contribution in [0.5, 0.6) is 0 Å². The van der Waals surface area contributed by atoms with Crippen molar-refractivity contribution in [2.24, 2.45) is 11.7 Å². The summed E-state index contributed by atoms with van der Waals surface area (Å²) >= 11 is 0. The van der Waals surface area contributed by atoms with E-state index in [1.807, 2.05) is 24.3 Å². The van der Waals surface area contributed by atoms with Gasteiger partial charge in [-0.15, -0.1) is 12.4 Å². The minimum Gasteiger partial charge on any atom is -0.335 e. The number of hydrogen-bond acceptors (Lipinski definition) is 2. The molecule has 2 atom stereocenters. The molecule has 0 aromatic heterocycles. The number of piperidine rings is 1. The maximum atomic E-state index is 12.7. The van der Waals surface area contributed by atoms with E-state index >= 15 is 0 Å². The van der Waals surface area contributed by atoms with Crippen LogP contribution in [0.4, 0.5) is 0 Å². The molecule has 0 radical (unpaired) electrons. The van der Waals surface area contributed by atoms with E-state index in [-0.39, 0.29) is 18.3 Å². The maximum Gasteiger partial charge on any atom is 0.254 e. The molecule has 1 aromatic rings. The summed E-state index contributed by atoms with van der Waals surface area (Å²) in [6, 6.07) is 8.28. The molecule has 21 heavy (non-hydrogen) atoms. The van der Waals surface area contributed by atoms with Crippen molar-refractivity contribution < 1.29 is 4.79 Å². The van der Waals surface area contributed by atoms with Crippen molar-refractivity contribution in [2.75, 3.05) is 6.54 Å². The SMILES string of the molecule is Cl.NCc1ccc(C(=O)N2CCCC3CCCCC32)cc1. The number of halogens is 1. The molecule has 2 aliphatic rings. The Bertz CT molecular complexity index is 472. The first-order valence-electron chi connectivity index (χ1n) is 7.89. The lowest BCUT2D eigenvalue weighted by Gasteiger charge is -2.44. The van der Waals surface area contributed by atoms with E-state index in [0.717, 1.165) is 30.0 Å². The van der Waals surface area contributed by atoms with Crippen LogP contribution in [0, 0.1) is 5.92 Å². The predicted molar refractivity (Wildman–Crippen MR) is 87.6 cm³/mol. The number of rotatable bonds is 2. The lowest BCUT2D eigenvalue weighted by Crippen LogP contribution is -2.49. The van der Waals surface area contributed by atoms with Crippen LogP contribution in [-0.2, 0) is 6.54 Å². The number of hydrogen-bond donors (Lipinski definition) is 1. The molecule has 1 aromatic carbocycles. The second-order valence-electron chi connectivity index (χ2n) is 6.15. The molecule has 1 aliphatic carbocycles. The molecule has 116 valence electrons. The van der Waals surface area contributed by atoms with Gasteiger partial charge in [-0.05, 0) is 49.3 Å². The van der Waals surface area contributed by atoms with Crippen molar-refractivity contribution in [1.82, 2.24) is 4.90 Å². The molecule has 0 bridgehead atoms. The van der Waals surface area contributed by atoms with Crippen LogP contribution in [0.3, 0.4) is 0 Å². The first kappa shape index (κ1) is 16.3. The monoisotopic (exact) mass is 308 g/mol. The quantitative estimate of drug-likeness (QED) is 0.910. The summed E-state index contributed by atoms with van der Waals surface area (Å²) in [4.78, 5) is 14.9. The van der Waals surface area contributed by atoms with Gasteiger partial charge in [0.15, 0.2) is 0 Å². The van der Waals surface area contributed by atoms with Gasteiger partial charge in [-0.2, -0.15) is 0 Å². The first-order valence-corrected chi connectivity index (χ1v) is 7.89. The lowest BCUT2D eigenvalue weighted by molar-refractivity contribution is 0.0390. The number of amides is 1.